The predicted molar refractivity (Wildman–Crippen MR) is 310 cm³/mol. The number of hydrogen-bond donors (Lipinski definition) is 1. The maximum atomic E-state index is 14.2. The number of nitrogens with one attached hydrogen (secondary N) is 1. The molecule has 2 unspecified atom stereocenters. The first kappa shape index (κ1) is 58.2. The second-order valence-electron chi connectivity index (χ2n) is 23.5. The van der Waals surface area contributed by atoms with E-state index in [1.54, 1.807) is 18.2 Å². The number of rotatable bonds is 26. The van der Waals surface area contributed by atoms with Crippen molar-refractivity contribution >= 4 is 67.0 Å². The highest BCUT2D eigenvalue weighted by molar-refractivity contribution is 7.00. The summed E-state index contributed by atoms with van der Waals surface area (Å²) in [7, 11) is -10.4. The molecular formula is C60H88N2O7Si4. The average Bonchev–Trinajstić information content (AvgIpc) is 3.79. The Morgan fingerprint density at radius 1 is 0.562 bits per heavy atom. The van der Waals surface area contributed by atoms with E-state index in [2.05, 4.69) is 161 Å². The lowest BCUT2D eigenvalue weighted by atomic mass is 9.76. The molecule has 2 heterocycles. The third-order valence-corrected chi connectivity index (χ3v) is 34.2. The SMILES string of the molecule is CCC[Si](C)(C)OC(C)(CC)[Si](OC(CC)(CC)C(CC)[Si](C)(C)OC(CC)(CC)[Si](C)(C)CCCN1C(=O)c2ccc(C(C)(C)c3ccc4c(c3)C(=O)NC4=O)cc2C1=O)(c1ccccc1)c1ccccc1. The number of nitrogens with zero attached hydrogens (tertiary/aromatic N) is 1. The van der Waals surface area contributed by atoms with E-state index < -0.39 is 61.1 Å². The van der Waals surface area contributed by atoms with E-state index in [0.29, 0.717) is 35.2 Å². The van der Waals surface area contributed by atoms with Gasteiger partial charge in [0, 0.05) is 22.7 Å². The molecule has 6 rings (SSSR count). The van der Waals surface area contributed by atoms with E-state index in [1.165, 1.54) is 15.3 Å². The number of hydrogen-bond acceptors (Lipinski definition) is 7. The molecule has 2 aliphatic heterocycles. The third-order valence-electron chi connectivity index (χ3n) is 17.7. The van der Waals surface area contributed by atoms with Gasteiger partial charge in [-0.1, -0.05) is 167 Å². The third kappa shape index (κ3) is 10.7. The molecule has 4 aromatic rings. The van der Waals surface area contributed by atoms with E-state index in [9.17, 15) is 19.2 Å². The maximum absolute atomic E-state index is 14.2. The molecule has 0 radical (unpaired) electrons. The quantitative estimate of drug-likeness (QED) is 0.0492. The molecular weight excluding hydrogens is 973 g/mol. The standard InChI is InChI=1S/C60H88N2O7Si4/c1-17-40-71(13,14)67-58(10,19-3)73(46-31-26-24-27-32-46,47-33-28-25-29-34-47)68-59(20-4,21-5)52(18-2)72(15,16)69-60(22-6,23-7)70(11,12)41-30-39-62-55(65)49-38-36-45(43-51(49)56(62)66)57(8,9)44-35-37-48-50(42-44)54(64)61-53(48)63/h24-29,31-38,42-43,52H,17-23,30,39-41H2,1-16H3,(H,61,63,64). The Bertz CT molecular complexity index is 2590. The van der Waals surface area contributed by atoms with Crippen molar-refractivity contribution in [2.24, 2.45) is 0 Å². The van der Waals surface area contributed by atoms with Crippen LogP contribution in [0, 0.1) is 0 Å². The van der Waals surface area contributed by atoms with E-state index in [0.717, 1.165) is 68.2 Å². The van der Waals surface area contributed by atoms with Gasteiger partial charge in [0.15, 0.2) is 16.6 Å². The minimum atomic E-state index is -3.28. The van der Waals surface area contributed by atoms with Crippen molar-refractivity contribution in [2.75, 3.05) is 6.54 Å². The molecule has 0 bridgehead atoms. The number of fused-ring (bicyclic) bond motifs is 2. The number of carbonyl (C=O) groups excluding carboxylic acids is 4. The Hall–Kier alpha value is -4.09. The largest absolute Gasteiger partial charge is 0.414 e. The Labute approximate surface area is 443 Å². The first-order valence-electron chi connectivity index (χ1n) is 27.5. The second-order valence-corrected chi connectivity index (χ2v) is 40.8. The molecule has 73 heavy (non-hydrogen) atoms. The van der Waals surface area contributed by atoms with Gasteiger partial charge in [0.05, 0.1) is 41.2 Å². The highest BCUT2D eigenvalue weighted by atomic mass is 28.4. The van der Waals surface area contributed by atoms with Crippen molar-refractivity contribution in [1.82, 2.24) is 10.2 Å². The number of carbonyl (C=O) groups is 4. The molecule has 1 N–H and O–H groups in total. The van der Waals surface area contributed by atoms with Gasteiger partial charge in [-0.3, -0.25) is 29.4 Å². The molecule has 2 aliphatic rings. The lowest BCUT2D eigenvalue weighted by Gasteiger charge is -2.58. The van der Waals surface area contributed by atoms with Crippen molar-refractivity contribution in [1.29, 1.82) is 0 Å². The first-order valence-corrected chi connectivity index (χ1v) is 38.7. The lowest BCUT2D eigenvalue weighted by molar-refractivity contribution is 0.00601. The fourth-order valence-corrected chi connectivity index (χ4v) is 31.9. The minimum absolute atomic E-state index is 0.151. The molecule has 0 aromatic heterocycles. The Kier molecular flexibility index (Phi) is 17.7. The van der Waals surface area contributed by atoms with Gasteiger partial charge in [0.2, 0.25) is 0 Å². The fourth-order valence-electron chi connectivity index (χ4n) is 13.3. The average molecular weight is 1060 g/mol. The monoisotopic (exact) mass is 1060 g/mol. The van der Waals surface area contributed by atoms with Crippen LogP contribution in [0.4, 0.5) is 0 Å². The van der Waals surface area contributed by atoms with Crippen molar-refractivity contribution < 1.29 is 32.5 Å². The molecule has 13 heteroatoms. The van der Waals surface area contributed by atoms with Crippen LogP contribution >= 0.6 is 0 Å². The number of imide groups is 2. The van der Waals surface area contributed by atoms with Gasteiger partial charge in [0.1, 0.15) is 0 Å². The summed E-state index contributed by atoms with van der Waals surface area (Å²) >= 11 is 0. The highest BCUT2D eigenvalue weighted by Crippen LogP contribution is 2.51. The summed E-state index contributed by atoms with van der Waals surface area (Å²) < 4.78 is 24.3. The zero-order valence-corrected chi connectivity index (χ0v) is 51.4. The van der Waals surface area contributed by atoms with Crippen LogP contribution in [0.15, 0.2) is 97.1 Å². The van der Waals surface area contributed by atoms with E-state index in [-0.39, 0.29) is 22.6 Å². The second kappa shape index (κ2) is 22.2. The van der Waals surface area contributed by atoms with Crippen molar-refractivity contribution in [3.63, 3.8) is 0 Å². The Balaban J connectivity index is 1.29. The normalized spacial score (nSPS) is 16.1. The molecule has 0 spiro atoms. The van der Waals surface area contributed by atoms with Crippen molar-refractivity contribution in [3.8, 4) is 0 Å². The summed E-state index contributed by atoms with van der Waals surface area (Å²) in [6.07, 6.45) is 6.95. The maximum Gasteiger partial charge on any atom is 0.286 e. The molecule has 0 saturated carbocycles. The Morgan fingerprint density at radius 3 is 1.56 bits per heavy atom. The summed E-state index contributed by atoms with van der Waals surface area (Å²) in [5, 5.41) is 3.94. The van der Waals surface area contributed by atoms with E-state index in [4.69, 9.17) is 13.3 Å². The van der Waals surface area contributed by atoms with Crippen LogP contribution in [0.3, 0.4) is 0 Å². The van der Waals surface area contributed by atoms with Crippen molar-refractivity contribution in [2.45, 2.75) is 199 Å². The van der Waals surface area contributed by atoms with Crippen LogP contribution in [-0.4, -0.2) is 84.1 Å². The highest BCUT2D eigenvalue weighted by Gasteiger charge is 2.63. The summed E-state index contributed by atoms with van der Waals surface area (Å²) in [5.41, 5.74) is 2.22. The molecule has 2 atom stereocenters. The van der Waals surface area contributed by atoms with Gasteiger partial charge in [-0.05, 0) is 123 Å². The topological polar surface area (TPSA) is 111 Å². The van der Waals surface area contributed by atoms with E-state index >= 15 is 0 Å². The van der Waals surface area contributed by atoms with Gasteiger partial charge in [-0.15, -0.1) is 0 Å². The van der Waals surface area contributed by atoms with Crippen LogP contribution in [0.2, 0.25) is 56.9 Å². The molecule has 0 saturated heterocycles. The van der Waals surface area contributed by atoms with Gasteiger partial charge in [-0.25, -0.2) is 0 Å². The smallest absolute Gasteiger partial charge is 0.286 e. The molecule has 0 aliphatic carbocycles. The summed E-state index contributed by atoms with van der Waals surface area (Å²) in [4.78, 5) is 54.5. The van der Waals surface area contributed by atoms with Crippen LogP contribution in [-0.2, 0) is 18.7 Å². The first-order chi connectivity index (χ1) is 34.3. The molecule has 0 fully saturated rings. The zero-order chi connectivity index (χ0) is 54.0. The molecule has 4 amide bonds. The van der Waals surface area contributed by atoms with Crippen LogP contribution in [0.25, 0.3) is 0 Å². The van der Waals surface area contributed by atoms with Crippen LogP contribution < -0.4 is 15.7 Å². The minimum Gasteiger partial charge on any atom is -0.414 e. The lowest BCUT2D eigenvalue weighted by Crippen LogP contribution is -2.79. The molecule has 9 nitrogen and oxygen atoms in total. The fraction of sp³-hybridized carbons (Fsp3) is 0.533. The number of benzene rings is 4. The van der Waals surface area contributed by atoms with Crippen LogP contribution in [0.5, 0.6) is 0 Å². The predicted octanol–water partition coefficient (Wildman–Crippen LogP) is 13.4. The van der Waals surface area contributed by atoms with Gasteiger partial charge < -0.3 is 13.3 Å². The molecule has 396 valence electrons. The molecule has 4 aromatic carbocycles. The Morgan fingerprint density at radius 2 is 1.07 bits per heavy atom. The van der Waals surface area contributed by atoms with Gasteiger partial charge in [-0.2, -0.15) is 0 Å². The van der Waals surface area contributed by atoms with Gasteiger partial charge >= 0.3 is 0 Å². The van der Waals surface area contributed by atoms with Crippen LogP contribution in [0.1, 0.15) is 173 Å². The zero-order valence-electron chi connectivity index (χ0n) is 47.4. The van der Waals surface area contributed by atoms with Gasteiger partial charge in [0.25, 0.3) is 31.9 Å². The summed E-state index contributed by atoms with van der Waals surface area (Å²) in [5.74, 6) is -1.34. The van der Waals surface area contributed by atoms with E-state index in [1.807, 2.05) is 32.0 Å². The summed E-state index contributed by atoms with van der Waals surface area (Å²) in [6.45, 7) is 37.5. The van der Waals surface area contributed by atoms with Crippen molar-refractivity contribution in [3.05, 3.63) is 130 Å². The number of amides is 4. The summed E-state index contributed by atoms with van der Waals surface area (Å²) in [6, 6.07) is 34.9.